The second-order valence-corrected chi connectivity index (χ2v) is 14.9. The van der Waals surface area contributed by atoms with Crippen LogP contribution < -0.4 is 21.3 Å². The maximum absolute atomic E-state index is 13.8. The Hall–Kier alpha value is -6.77. The summed E-state index contributed by atoms with van der Waals surface area (Å²) >= 11 is 0. The Morgan fingerprint density at radius 2 is 1.32 bits per heavy atom. The lowest BCUT2D eigenvalue weighted by molar-refractivity contribution is -0.141. The molecule has 2 aromatic rings. The molecule has 1 aliphatic heterocycles. The van der Waals surface area contributed by atoms with E-state index < -0.39 is 66.5 Å². The first-order valence-electron chi connectivity index (χ1n) is 20.7. The number of nitrogens with zero attached hydrogens (tertiary/aromatic N) is 7. The molecule has 0 saturated carbocycles. The standard InChI is InChI=1S/C39H57N11O15/c51-26-64-25-49-18-16-46(12-13-47(23-35(56)57)14-15-48(17-19-49)24-36(58)59)22-32(53)43-31-21-41-45-50(31)30(20-28-6-2-1-3-7-28)37(60)40-11-5-4-8-33(65-27-52)44-39(63)42-29(38(61)62)9-10-34(54)55/h1-3,6-7,21,26-27,29-30,33H,4-5,8-20,22-25H2,(H,40,60)(H,43,53)(H,54,55)(H,56,57)(H,58,59)(H,61,62)(H2,42,44,63)/t29-,30-,33+/m0/s1. The number of benzene rings is 1. The van der Waals surface area contributed by atoms with Gasteiger partial charge in [-0.1, -0.05) is 35.5 Å². The lowest BCUT2D eigenvalue weighted by Crippen LogP contribution is -2.49. The van der Waals surface area contributed by atoms with Crippen molar-refractivity contribution in [3.05, 3.63) is 42.1 Å². The van der Waals surface area contributed by atoms with Crippen molar-refractivity contribution in [2.24, 2.45) is 0 Å². The Balaban J connectivity index is 1.68. The number of anilines is 1. The molecule has 0 radical (unpaired) electrons. The average molecular weight is 920 g/mol. The molecule has 2 heterocycles. The molecular weight excluding hydrogens is 862 g/mol. The number of amides is 4. The van der Waals surface area contributed by atoms with Crippen LogP contribution in [0.3, 0.4) is 0 Å². The minimum absolute atomic E-state index is 0.0755. The van der Waals surface area contributed by atoms with Crippen molar-refractivity contribution in [2.75, 3.05) is 90.6 Å². The maximum atomic E-state index is 13.8. The molecule has 26 nitrogen and oxygen atoms in total. The predicted molar refractivity (Wildman–Crippen MR) is 224 cm³/mol. The highest BCUT2D eigenvalue weighted by Crippen LogP contribution is 2.19. The molecule has 0 bridgehead atoms. The molecular formula is C39H57N11O15. The van der Waals surface area contributed by atoms with Crippen molar-refractivity contribution >= 4 is 60.5 Å². The van der Waals surface area contributed by atoms with Gasteiger partial charge in [0.15, 0.2) is 12.0 Å². The van der Waals surface area contributed by atoms with Crippen molar-refractivity contribution in [3.63, 3.8) is 0 Å². The molecule has 0 unspecified atom stereocenters. The summed E-state index contributed by atoms with van der Waals surface area (Å²) in [4.78, 5) is 114. The molecule has 3 rings (SSSR count). The van der Waals surface area contributed by atoms with Gasteiger partial charge in [-0.05, 0) is 24.8 Å². The van der Waals surface area contributed by atoms with Crippen LogP contribution in [0.2, 0.25) is 0 Å². The second kappa shape index (κ2) is 28.8. The highest BCUT2D eigenvalue weighted by atomic mass is 16.5. The number of rotatable bonds is 27. The van der Waals surface area contributed by atoms with E-state index in [2.05, 4.69) is 31.6 Å². The van der Waals surface area contributed by atoms with Gasteiger partial charge in [0.2, 0.25) is 11.8 Å². The highest BCUT2D eigenvalue weighted by Gasteiger charge is 2.27. The lowest BCUT2D eigenvalue weighted by atomic mass is 10.1. The first kappa shape index (κ1) is 52.6. The van der Waals surface area contributed by atoms with Crippen molar-refractivity contribution < 1.29 is 73.1 Å². The minimum Gasteiger partial charge on any atom is -0.481 e. The van der Waals surface area contributed by atoms with Crippen LogP contribution in [0, 0.1) is 0 Å². The van der Waals surface area contributed by atoms with E-state index in [1.165, 1.54) is 10.9 Å². The number of unbranched alkanes of at least 4 members (excludes halogenated alkanes) is 1. The van der Waals surface area contributed by atoms with E-state index >= 15 is 0 Å². The summed E-state index contributed by atoms with van der Waals surface area (Å²) in [6, 6.07) is 5.53. The third-order valence-electron chi connectivity index (χ3n) is 10.0. The van der Waals surface area contributed by atoms with Gasteiger partial charge in [-0.3, -0.25) is 53.2 Å². The number of carbonyl (C=O) groups is 9. The summed E-state index contributed by atoms with van der Waals surface area (Å²) < 4.78 is 11.2. The van der Waals surface area contributed by atoms with Crippen molar-refractivity contribution in [2.45, 2.75) is 56.8 Å². The highest BCUT2D eigenvalue weighted by molar-refractivity contribution is 5.92. The quantitative estimate of drug-likeness (QED) is 0.0271. The number of ether oxygens (including phenoxy) is 2. The summed E-state index contributed by atoms with van der Waals surface area (Å²) in [6.45, 7) is 1.83. The average Bonchev–Trinajstić information content (AvgIpc) is 3.70. The first-order chi connectivity index (χ1) is 31.2. The third kappa shape index (κ3) is 21.0. The maximum Gasteiger partial charge on any atom is 0.326 e. The zero-order valence-electron chi connectivity index (χ0n) is 35.7. The van der Waals surface area contributed by atoms with E-state index in [1.807, 2.05) is 18.2 Å². The van der Waals surface area contributed by atoms with Crippen LogP contribution in [0.4, 0.5) is 10.6 Å². The van der Waals surface area contributed by atoms with Crippen molar-refractivity contribution in [1.82, 2.24) is 50.5 Å². The minimum atomic E-state index is -1.50. The van der Waals surface area contributed by atoms with Gasteiger partial charge in [0.1, 0.15) is 18.8 Å². The van der Waals surface area contributed by atoms with Crippen molar-refractivity contribution in [1.29, 1.82) is 0 Å². The van der Waals surface area contributed by atoms with E-state index in [4.69, 9.17) is 14.6 Å². The number of urea groups is 1. The molecule has 0 spiro atoms. The number of carboxylic acid groups (broad SMARTS) is 4. The molecule has 1 fully saturated rings. The Morgan fingerprint density at radius 1 is 0.723 bits per heavy atom. The summed E-state index contributed by atoms with van der Waals surface area (Å²) in [7, 11) is 0. The fourth-order valence-corrected chi connectivity index (χ4v) is 6.67. The number of hydrogen-bond acceptors (Lipinski definition) is 17. The normalized spacial score (nSPS) is 15.9. The lowest BCUT2D eigenvalue weighted by Gasteiger charge is -2.32. The Kier molecular flexibility index (Phi) is 23.3. The zero-order valence-corrected chi connectivity index (χ0v) is 35.7. The molecule has 1 aromatic heterocycles. The van der Waals surface area contributed by atoms with Gasteiger partial charge in [-0.25, -0.2) is 14.3 Å². The molecule has 358 valence electrons. The third-order valence-corrected chi connectivity index (χ3v) is 10.0. The van der Waals surface area contributed by atoms with Gasteiger partial charge in [0.05, 0.1) is 25.8 Å². The van der Waals surface area contributed by atoms with Gasteiger partial charge in [-0.15, -0.1) is 5.10 Å². The summed E-state index contributed by atoms with van der Waals surface area (Å²) in [5.41, 5.74) is 0.770. The van der Waals surface area contributed by atoms with Crippen LogP contribution in [-0.2, 0) is 54.3 Å². The fraction of sp³-hybridized carbons (Fsp3) is 0.564. The van der Waals surface area contributed by atoms with Crippen LogP contribution >= 0.6 is 0 Å². The van der Waals surface area contributed by atoms with E-state index in [-0.39, 0.29) is 104 Å². The van der Waals surface area contributed by atoms with Gasteiger partial charge in [0, 0.05) is 78.2 Å². The van der Waals surface area contributed by atoms with Gasteiger partial charge < -0.3 is 51.2 Å². The number of aromatic nitrogens is 3. The van der Waals surface area contributed by atoms with Crippen LogP contribution in [0.15, 0.2) is 36.5 Å². The van der Waals surface area contributed by atoms with Crippen molar-refractivity contribution in [3.8, 4) is 0 Å². The first-order valence-corrected chi connectivity index (χ1v) is 20.7. The zero-order chi connectivity index (χ0) is 47.6. The van der Waals surface area contributed by atoms with Gasteiger partial charge in [0.25, 0.3) is 12.9 Å². The molecule has 4 amide bonds. The largest absolute Gasteiger partial charge is 0.481 e. The molecule has 8 N–H and O–H groups in total. The molecule has 0 aliphatic carbocycles. The Labute approximate surface area is 373 Å². The van der Waals surface area contributed by atoms with Crippen LogP contribution in [0.5, 0.6) is 0 Å². The predicted octanol–water partition coefficient (Wildman–Crippen LogP) is -2.08. The van der Waals surface area contributed by atoms with E-state index in [9.17, 15) is 58.5 Å². The molecule has 65 heavy (non-hydrogen) atoms. The number of aliphatic carboxylic acids is 4. The summed E-state index contributed by atoms with van der Waals surface area (Å²) in [5.74, 6) is -5.68. The molecule has 1 aromatic carbocycles. The van der Waals surface area contributed by atoms with Gasteiger partial charge in [-0.2, -0.15) is 0 Å². The topological polar surface area (TPSA) is 345 Å². The van der Waals surface area contributed by atoms with Crippen LogP contribution in [0.25, 0.3) is 0 Å². The summed E-state index contributed by atoms with van der Waals surface area (Å²) in [5, 5.41) is 55.3. The van der Waals surface area contributed by atoms with Crippen LogP contribution in [-0.4, -0.2) is 207 Å². The Bertz CT molecular complexity index is 1870. The number of carboxylic acids is 4. The van der Waals surface area contributed by atoms with Crippen LogP contribution in [0.1, 0.15) is 43.7 Å². The molecule has 1 saturated heterocycles. The number of carbonyl (C=O) groups excluding carboxylic acids is 5. The Morgan fingerprint density at radius 3 is 1.88 bits per heavy atom. The van der Waals surface area contributed by atoms with E-state index in [1.54, 1.807) is 31.7 Å². The summed E-state index contributed by atoms with van der Waals surface area (Å²) in [6.07, 6.45) is 0.108. The molecule has 1 aliphatic rings. The van der Waals surface area contributed by atoms with E-state index in [0.717, 1.165) is 5.56 Å². The SMILES string of the molecule is O=COCN1CCN(CC(=O)O)CCN(CC(=O)O)CCN(CC(=O)Nc2cnnn2[C@@H](Cc2ccccc2)C(=O)NCCCC[C@H](NC(=O)N[C@@H](CCC(=O)O)C(=O)O)OC=O)CC1. The second-order valence-electron chi connectivity index (χ2n) is 14.9. The smallest absolute Gasteiger partial charge is 0.326 e. The number of hydrogen-bond donors (Lipinski definition) is 8. The molecule has 3 atom stereocenters. The number of nitrogens with one attached hydrogen (secondary N) is 4. The molecule has 26 heteroatoms. The fourth-order valence-electron chi connectivity index (χ4n) is 6.67. The van der Waals surface area contributed by atoms with E-state index in [0.29, 0.717) is 32.4 Å². The monoisotopic (exact) mass is 919 g/mol. The van der Waals surface area contributed by atoms with Gasteiger partial charge >= 0.3 is 29.9 Å².